The van der Waals surface area contributed by atoms with Crippen molar-refractivity contribution in [3.63, 3.8) is 0 Å². The van der Waals surface area contributed by atoms with Gasteiger partial charge in [-0.1, -0.05) is 18.2 Å². The molecular formula is C16H14N4O. The average molecular weight is 278 g/mol. The molecule has 2 heterocycles. The molecule has 3 rings (SSSR count). The molecule has 0 aliphatic rings. The normalized spacial score (nSPS) is 10.3. The van der Waals surface area contributed by atoms with Crippen LogP contribution >= 0.6 is 0 Å². The molecule has 0 aliphatic heterocycles. The van der Waals surface area contributed by atoms with Crippen molar-refractivity contribution in [1.82, 2.24) is 14.5 Å². The van der Waals surface area contributed by atoms with Crippen LogP contribution in [0.4, 0.5) is 5.95 Å². The van der Waals surface area contributed by atoms with Gasteiger partial charge in [-0.3, -0.25) is 15.1 Å². The van der Waals surface area contributed by atoms with Crippen molar-refractivity contribution in [2.24, 2.45) is 7.05 Å². The van der Waals surface area contributed by atoms with Gasteiger partial charge in [-0.2, -0.15) is 0 Å². The minimum Gasteiger partial charge on any atom is -0.320 e. The molecule has 0 fully saturated rings. The van der Waals surface area contributed by atoms with Crippen LogP contribution in [0.3, 0.4) is 0 Å². The van der Waals surface area contributed by atoms with E-state index >= 15 is 0 Å². The van der Waals surface area contributed by atoms with Crippen molar-refractivity contribution in [2.75, 3.05) is 5.32 Å². The first-order chi connectivity index (χ1) is 10.2. The van der Waals surface area contributed by atoms with Gasteiger partial charge >= 0.3 is 0 Å². The van der Waals surface area contributed by atoms with Crippen molar-refractivity contribution < 1.29 is 4.79 Å². The highest BCUT2D eigenvalue weighted by atomic mass is 16.1. The van der Waals surface area contributed by atoms with Gasteiger partial charge in [-0.25, -0.2) is 4.98 Å². The van der Waals surface area contributed by atoms with Crippen LogP contribution in [0.5, 0.6) is 0 Å². The van der Waals surface area contributed by atoms with Crippen LogP contribution in [0.2, 0.25) is 0 Å². The van der Waals surface area contributed by atoms with Crippen LogP contribution in [0.1, 0.15) is 10.4 Å². The number of hydrogen-bond acceptors (Lipinski definition) is 3. The number of rotatable bonds is 3. The highest BCUT2D eigenvalue weighted by Gasteiger charge is 2.09. The highest BCUT2D eigenvalue weighted by molar-refractivity contribution is 6.03. The van der Waals surface area contributed by atoms with E-state index in [4.69, 9.17) is 0 Å². The molecule has 3 aromatic rings. The monoisotopic (exact) mass is 278 g/mol. The van der Waals surface area contributed by atoms with Crippen LogP contribution in [0.25, 0.3) is 11.3 Å². The minimum atomic E-state index is -0.183. The van der Waals surface area contributed by atoms with E-state index in [1.165, 1.54) is 0 Å². The molecule has 1 aromatic carbocycles. The Balaban J connectivity index is 1.78. The fourth-order valence-corrected chi connectivity index (χ4v) is 1.99. The summed E-state index contributed by atoms with van der Waals surface area (Å²) >= 11 is 0. The molecule has 0 saturated heterocycles. The van der Waals surface area contributed by atoms with Crippen LogP contribution in [0, 0.1) is 0 Å². The van der Waals surface area contributed by atoms with Gasteiger partial charge in [0.15, 0.2) is 0 Å². The molecule has 2 aromatic heterocycles. The van der Waals surface area contributed by atoms with Crippen molar-refractivity contribution in [3.05, 3.63) is 66.6 Å². The van der Waals surface area contributed by atoms with Crippen LogP contribution in [0.15, 0.2) is 61.1 Å². The van der Waals surface area contributed by atoms with Gasteiger partial charge in [0.25, 0.3) is 5.91 Å². The van der Waals surface area contributed by atoms with Gasteiger partial charge in [-0.05, 0) is 24.3 Å². The predicted molar refractivity (Wildman–Crippen MR) is 80.8 cm³/mol. The molecular weight excluding hydrogens is 264 g/mol. The summed E-state index contributed by atoms with van der Waals surface area (Å²) in [6.45, 7) is 0. The van der Waals surface area contributed by atoms with Gasteiger partial charge in [0.2, 0.25) is 5.95 Å². The smallest absolute Gasteiger partial charge is 0.257 e. The zero-order valence-electron chi connectivity index (χ0n) is 11.5. The first-order valence-electron chi connectivity index (χ1n) is 6.54. The zero-order chi connectivity index (χ0) is 14.7. The zero-order valence-corrected chi connectivity index (χ0v) is 11.5. The summed E-state index contributed by atoms with van der Waals surface area (Å²) in [6, 6.07) is 13.1. The first kappa shape index (κ1) is 13.1. The summed E-state index contributed by atoms with van der Waals surface area (Å²) in [5, 5.41) is 2.76. The Morgan fingerprint density at radius 2 is 1.86 bits per heavy atom. The molecule has 5 heteroatoms. The number of nitrogens with zero attached hydrogens (tertiary/aromatic N) is 3. The average Bonchev–Trinajstić information content (AvgIpc) is 2.93. The van der Waals surface area contributed by atoms with E-state index in [1.807, 2.05) is 37.4 Å². The Kier molecular flexibility index (Phi) is 3.47. The second kappa shape index (κ2) is 5.58. The van der Waals surface area contributed by atoms with Crippen molar-refractivity contribution in [1.29, 1.82) is 0 Å². The number of pyridine rings is 1. The van der Waals surface area contributed by atoms with Gasteiger partial charge in [-0.15, -0.1) is 0 Å². The van der Waals surface area contributed by atoms with Gasteiger partial charge < -0.3 is 4.57 Å². The third-order valence-corrected chi connectivity index (χ3v) is 3.15. The molecule has 0 radical (unpaired) electrons. The molecule has 0 spiro atoms. The third-order valence-electron chi connectivity index (χ3n) is 3.15. The molecule has 0 bridgehead atoms. The molecule has 5 nitrogen and oxygen atoms in total. The third kappa shape index (κ3) is 2.81. The maximum absolute atomic E-state index is 12.1. The number of aryl methyl sites for hydroxylation is 1. The number of carbonyl (C=O) groups is 1. The van der Waals surface area contributed by atoms with Crippen molar-refractivity contribution in [2.45, 2.75) is 0 Å². The molecule has 0 aliphatic carbocycles. The van der Waals surface area contributed by atoms with Crippen molar-refractivity contribution >= 4 is 11.9 Å². The van der Waals surface area contributed by atoms with E-state index in [2.05, 4.69) is 15.3 Å². The fourth-order valence-electron chi connectivity index (χ4n) is 1.99. The summed E-state index contributed by atoms with van der Waals surface area (Å²) in [5.74, 6) is 0.339. The van der Waals surface area contributed by atoms with Crippen LogP contribution in [-0.4, -0.2) is 20.4 Å². The quantitative estimate of drug-likeness (QED) is 0.801. The Bertz CT molecular complexity index is 747. The summed E-state index contributed by atoms with van der Waals surface area (Å²) in [5.41, 5.74) is 2.44. The number of imidazole rings is 1. The summed E-state index contributed by atoms with van der Waals surface area (Å²) < 4.78 is 1.75. The second-order valence-electron chi connectivity index (χ2n) is 4.61. The standard InChI is InChI=1S/C16H14N4O/c1-20-11-10-18-16(20)19-15(21)13-7-5-12(6-8-13)14-4-2-3-9-17-14/h2-11H,1H3,(H,18,19,21). The lowest BCUT2D eigenvalue weighted by molar-refractivity contribution is 0.102. The molecule has 0 unspecified atom stereocenters. The summed E-state index contributed by atoms with van der Waals surface area (Å²) in [7, 11) is 1.83. The number of anilines is 1. The van der Waals surface area contributed by atoms with Gasteiger partial charge in [0, 0.05) is 36.8 Å². The lowest BCUT2D eigenvalue weighted by Gasteiger charge is -2.06. The molecule has 104 valence electrons. The summed E-state index contributed by atoms with van der Waals surface area (Å²) in [6.07, 6.45) is 5.16. The molecule has 1 amide bonds. The maximum Gasteiger partial charge on any atom is 0.257 e. The largest absolute Gasteiger partial charge is 0.320 e. The number of nitrogens with one attached hydrogen (secondary N) is 1. The number of benzene rings is 1. The predicted octanol–water partition coefficient (Wildman–Crippen LogP) is 2.73. The van der Waals surface area contributed by atoms with E-state index in [-0.39, 0.29) is 5.91 Å². The number of hydrogen-bond donors (Lipinski definition) is 1. The number of carbonyl (C=O) groups excluding carboxylic acids is 1. The minimum absolute atomic E-state index is 0.183. The van der Waals surface area contributed by atoms with Crippen LogP contribution in [-0.2, 0) is 7.05 Å². The lowest BCUT2D eigenvalue weighted by Crippen LogP contribution is -2.14. The topological polar surface area (TPSA) is 59.8 Å². The first-order valence-corrected chi connectivity index (χ1v) is 6.54. The van der Waals surface area contributed by atoms with E-state index in [9.17, 15) is 4.79 Å². The van der Waals surface area contributed by atoms with E-state index in [0.717, 1.165) is 11.3 Å². The number of amides is 1. The van der Waals surface area contributed by atoms with Gasteiger partial charge in [0.1, 0.15) is 0 Å². The Hall–Kier alpha value is -2.95. The highest BCUT2D eigenvalue weighted by Crippen LogP contribution is 2.17. The maximum atomic E-state index is 12.1. The summed E-state index contributed by atoms with van der Waals surface area (Å²) in [4.78, 5) is 20.5. The van der Waals surface area contributed by atoms with E-state index in [1.54, 1.807) is 35.3 Å². The fraction of sp³-hybridized carbons (Fsp3) is 0.0625. The molecule has 0 atom stereocenters. The Morgan fingerprint density at radius 1 is 1.05 bits per heavy atom. The Labute approximate surface area is 122 Å². The SMILES string of the molecule is Cn1ccnc1NC(=O)c1ccc(-c2ccccn2)cc1. The number of aromatic nitrogens is 3. The molecule has 1 N–H and O–H groups in total. The van der Waals surface area contributed by atoms with E-state index in [0.29, 0.717) is 11.5 Å². The van der Waals surface area contributed by atoms with Crippen molar-refractivity contribution in [3.8, 4) is 11.3 Å². The molecule has 21 heavy (non-hydrogen) atoms. The van der Waals surface area contributed by atoms with E-state index < -0.39 is 0 Å². The van der Waals surface area contributed by atoms with Gasteiger partial charge in [0.05, 0.1) is 5.69 Å². The lowest BCUT2D eigenvalue weighted by atomic mass is 10.1. The molecule has 0 saturated carbocycles. The second-order valence-corrected chi connectivity index (χ2v) is 4.61. The van der Waals surface area contributed by atoms with Crippen LogP contribution < -0.4 is 5.32 Å². The Morgan fingerprint density at radius 3 is 2.48 bits per heavy atom.